The third-order valence-electron chi connectivity index (χ3n) is 3.32. The van der Waals surface area contributed by atoms with E-state index in [-0.39, 0.29) is 5.97 Å². The molecule has 0 spiro atoms. The highest BCUT2D eigenvalue weighted by molar-refractivity contribution is 6.30. The van der Waals surface area contributed by atoms with E-state index < -0.39 is 0 Å². The number of hydrogen-bond acceptors (Lipinski definition) is 3. The van der Waals surface area contributed by atoms with Gasteiger partial charge in [-0.05, 0) is 36.8 Å². The van der Waals surface area contributed by atoms with Crippen LogP contribution in [0.15, 0.2) is 54.7 Å². The molecule has 0 amide bonds. The van der Waals surface area contributed by atoms with Crippen LogP contribution < -0.4 is 4.90 Å². The summed E-state index contributed by atoms with van der Waals surface area (Å²) >= 11 is 5.90. The third-order valence-corrected chi connectivity index (χ3v) is 3.58. The monoisotopic (exact) mass is 315 g/mol. The van der Waals surface area contributed by atoms with Crippen molar-refractivity contribution in [1.29, 1.82) is 0 Å². The molecule has 0 bridgehead atoms. The van der Waals surface area contributed by atoms with Crippen LogP contribution >= 0.6 is 11.6 Å². The molecular formula is C18H18ClNO2. The molecule has 0 aromatic heterocycles. The molecule has 3 nitrogen and oxygen atoms in total. The van der Waals surface area contributed by atoms with Gasteiger partial charge in [0.1, 0.15) is 0 Å². The van der Waals surface area contributed by atoms with E-state index in [4.69, 9.17) is 16.3 Å². The van der Waals surface area contributed by atoms with Crippen molar-refractivity contribution in [2.24, 2.45) is 0 Å². The van der Waals surface area contributed by atoms with E-state index in [1.165, 1.54) is 12.7 Å². The fourth-order valence-corrected chi connectivity index (χ4v) is 2.16. The van der Waals surface area contributed by atoms with E-state index >= 15 is 0 Å². The van der Waals surface area contributed by atoms with Crippen LogP contribution in [0.5, 0.6) is 0 Å². The average molecular weight is 316 g/mol. The molecule has 22 heavy (non-hydrogen) atoms. The lowest BCUT2D eigenvalue weighted by Gasteiger charge is -2.17. The first-order valence-electron chi connectivity index (χ1n) is 6.87. The molecule has 0 aliphatic rings. The van der Waals surface area contributed by atoms with Crippen LogP contribution in [0.25, 0.3) is 5.57 Å². The molecule has 0 N–H and O–H groups in total. The standard InChI is InChI=1S/C18H18ClNO2/c1-13-4-10-16(11-5-13)20(2)12-17(18(21)22-3)14-6-8-15(19)9-7-14/h4-12H,1-3H3/b17-12-. The van der Waals surface area contributed by atoms with Crippen LogP contribution in [0.4, 0.5) is 5.69 Å². The Morgan fingerprint density at radius 1 is 1.09 bits per heavy atom. The second-order valence-electron chi connectivity index (χ2n) is 4.99. The van der Waals surface area contributed by atoms with E-state index in [1.54, 1.807) is 30.5 Å². The molecule has 0 fully saturated rings. The van der Waals surface area contributed by atoms with Gasteiger partial charge in [-0.15, -0.1) is 0 Å². The van der Waals surface area contributed by atoms with E-state index in [0.717, 1.165) is 11.3 Å². The maximum absolute atomic E-state index is 12.1. The molecule has 114 valence electrons. The minimum atomic E-state index is -0.388. The van der Waals surface area contributed by atoms with Crippen molar-refractivity contribution in [1.82, 2.24) is 0 Å². The number of rotatable bonds is 4. The first-order chi connectivity index (χ1) is 10.5. The molecule has 2 aromatic rings. The number of aryl methyl sites for hydroxylation is 1. The zero-order valence-electron chi connectivity index (χ0n) is 12.8. The number of carbonyl (C=O) groups excluding carboxylic acids is 1. The Balaban J connectivity index is 2.37. The van der Waals surface area contributed by atoms with Crippen LogP contribution in [0.1, 0.15) is 11.1 Å². The minimum absolute atomic E-state index is 0.388. The largest absolute Gasteiger partial charge is 0.465 e. The molecular weight excluding hydrogens is 298 g/mol. The average Bonchev–Trinajstić information content (AvgIpc) is 2.53. The van der Waals surface area contributed by atoms with Crippen LogP contribution in [0.3, 0.4) is 0 Å². The highest BCUT2D eigenvalue weighted by Crippen LogP contribution is 2.22. The van der Waals surface area contributed by atoms with Crippen molar-refractivity contribution in [3.05, 3.63) is 70.9 Å². The summed E-state index contributed by atoms with van der Waals surface area (Å²) in [6.45, 7) is 2.03. The van der Waals surface area contributed by atoms with Crippen LogP contribution in [0, 0.1) is 6.92 Å². The van der Waals surface area contributed by atoms with Gasteiger partial charge in [0.2, 0.25) is 0 Å². The molecule has 2 rings (SSSR count). The van der Waals surface area contributed by atoms with Crippen molar-refractivity contribution < 1.29 is 9.53 Å². The number of nitrogens with zero attached hydrogens (tertiary/aromatic N) is 1. The molecule has 4 heteroatoms. The molecule has 0 saturated heterocycles. The van der Waals surface area contributed by atoms with Crippen molar-refractivity contribution in [3.63, 3.8) is 0 Å². The number of methoxy groups -OCH3 is 1. The van der Waals surface area contributed by atoms with Gasteiger partial charge in [0.15, 0.2) is 0 Å². The summed E-state index contributed by atoms with van der Waals surface area (Å²) in [5.41, 5.74) is 3.41. The Morgan fingerprint density at radius 2 is 1.68 bits per heavy atom. The number of anilines is 1. The van der Waals surface area contributed by atoms with Gasteiger partial charge >= 0.3 is 5.97 Å². The summed E-state index contributed by atoms with van der Waals surface area (Å²) in [5.74, 6) is -0.388. The van der Waals surface area contributed by atoms with E-state index in [0.29, 0.717) is 10.6 Å². The number of hydrogen-bond donors (Lipinski definition) is 0. The van der Waals surface area contributed by atoms with E-state index in [1.807, 2.05) is 43.1 Å². The van der Waals surface area contributed by atoms with Crippen molar-refractivity contribution in [2.75, 3.05) is 19.1 Å². The van der Waals surface area contributed by atoms with Gasteiger partial charge in [0, 0.05) is 24.0 Å². The maximum Gasteiger partial charge on any atom is 0.339 e. The van der Waals surface area contributed by atoms with Crippen LogP contribution in [-0.2, 0) is 9.53 Å². The molecule has 0 radical (unpaired) electrons. The van der Waals surface area contributed by atoms with E-state index in [9.17, 15) is 4.79 Å². The van der Waals surface area contributed by atoms with Gasteiger partial charge < -0.3 is 9.64 Å². The van der Waals surface area contributed by atoms with Gasteiger partial charge in [0.25, 0.3) is 0 Å². The summed E-state index contributed by atoms with van der Waals surface area (Å²) in [6, 6.07) is 15.2. The third kappa shape index (κ3) is 3.89. The molecule has 0 atom stereocenters. The van der Waals surface area contributed by atoms with Crippen molar-refractivity contribution in [2.45, 2.75) is 6.92 Å². The molecule has 0 saturated carbocycles. The van der Waals surface area contributed by atoms with Crippen molar-refractivity contribution >= 4 is 28.8 Å². The topological polar surface area (TPSA) is 29.5 Å². The summed E-state index contributed by atoms with van der Waals surface area (Å²) in [5, 5.41) is 0.625. The highest BCUT2D eigenvalue weighted by atomic mass is 35.5. The normalized spacial score (nSPS) is 11.2. The SMILES string of the molecule is COC(=O)/C(=C\N(C)c1ccc(C)cc1)c1ccc(Cl)cc1. The molecule has 2 aromatic carbocycles. The second kappa shape index (κ2) is 7.14. The Bertz CT molecular complexity index is 675. The maximum atomic E-state index is 12.1. The predicted octanol–water partition coefficient (Wildman–Crippen LogP) is 4.30. The first kappa shape index (κ1) is 16.1. The summed E-state index contributed by atoms with van der Waals surface area (Å²) in [6.07, 6.45) is 1.76. The quantitative estimate of drug-likeness (QED) is 0.622. The van der Waals surface area contributed by atoms with Gasteiger partial charge in [-0.25, -0.2) is 4.79 Å². The molecule has 0 heterocycles. The fourth-order valence-electron chi connectivity index (χ4n) is 2.03. The van der Waals surface area contributed by atoms with Gasteiger partial charge in [-0.3, -0.25) is 0 Å². The zero-order valence-corrected chi connectivity index (χ0v) is 13.6. The number of benzene rings is 2. The number of halogens is 1. The Labute approximate surface area is 135 Å². The van der Waals surface area contributed by atoms with Gasteiger partial charge in [-0.2, -0.15) is 0 Å². The van der Waals surface area contributed by atoms with Crippen molar-refractivity contribution in [3.8, 4) is 0 Å². The zero-order chi connectivity index (χ0) is 16.1. The predicted molar refractivity (Wildman–Crippen MR) is 91.0 cm³/mol. The molecule has 0 aliphatic heterocycles. The Kier molecular flexibility index (Phi) is 5.23. The highest BCUT2D eigenvalue weighted by Gasteiger charge is 2.14. The van der Waals surface area contributed by atoms with Gasteiger partial charge in [-0.1, -0.05) is 41.4 Å². The van der Waals surface area contributed by atoms with Crippen LogP contribution in [-0.4, -0.2) is 20.1 Å². The second-order valence-corrected chi connectivity index (χ2v) is 5.42. The smallest absolute Gasteiger partial charge is 0.339 e. The fraction of sp³-hybridized carbons (Fsp3) is 0.167. The van der Waals surface area contributed by atoms with Gasteiger partial charge in [0.05, 0.1) is 12.7 Å². The summed E-state index contributed by atoms with van der Waals surface area (Å²) < 4.78 is 4.89. The molecule has 0 aliphatic carbocycles. The number of esters is 1. The van der Waals surface area contributed by atoms with Crippen LogP contribution in [0.2, 0.25) is 5.02 Å². The lowest BCUT2D eigenvalue weighted by Crippen LogP contribution is -2.13. The molecule has 0 unspecified atom stereocenters. The number of carbonyl (C=O) groups is 1. The lowest BCUT2D eigenvalue weighted by molar-refractivity contribution is -0.133. The van der Waals surface area contributed by atoms with E-state index in [2.05, 4.69) is 0 Å². The summed E-state index contributed by atoms with van der Waals surface area (Å²) in [4.78, 5) is 14.0. The first-order valence-corrected chi connectivity index (χ1v) is 7.24. The Morgan fingerprint density at radius 3 is 2.23 bits per heavy atom. The minimum Gasteiger partial charge on any atom is -0.465 e. The number of ether oxygens (including phenoxy) is 1. The lowest BCUT2D eigenvalue weighted by atomic mass is 10.1. The Hall–Kier alpha value is -2.26. The summed E-state index contributed by atoms with van der Waals surface area (Å²) in [7, 11) is 3.27.